The number of ether oxygens (including phenoxy) is 2. The Bertz CT molecular complexity index is 545. The molecule has 0 bridgehead atoms. The highest BCUT2D eigenvalue weighted by Crippen LogP contribution is 2.26. The predicted octanol–water partition coefficient (Wildman–Crippen LogP) is 3.13. The predicted molar refractivity (Wildman–Crippen MR) is 118 cm³/mol. The summed E-state index contributed by atoms with van der Waals surface area (Å²) in [6, 6.07) is 4.65. The van der Waals surface area contributed by atoms with Crippen LogP contribution < -0.4 is 10.6 Å². The number of thiophene rings is 1. The SMILES string of the molecule is CCNC(=NCC(c1cccs1)N1CCOCC1)NCCC(OCC)C(C)C. The Morgan fingerprint density at radius 2 is 2.07 bits per heavy atom. The summed E-state index contributed by atoms with van der Waals surface area (Å²) < 4.78 is 11.4. The van der Waals surface area contributed by atoms with Gasteiger partial charge in [-0.15, -0.1) is 11.3 Å². The van der Waals surface area contributed by atoms with Crippen LogP contribution in [-0.4, -0.2) is 69.5 Å². The van der Waals surface area contributed by atoms with Crippen molar-refractivity contribution in [3.8, 4) is 0 Å². The van der Waals surface area contributed by atoms with Crippen LogP contribution in [0.25, 0.3) is 0 Å². The van der Waals surface area contributed by atoms with Crippen molar-refractivity contribution in [3.05, 3.63) is 22.4 Å². The monoisotopic (exact) mass is 410 g/mol. The van der Waals surface area contributed by atoms with E-state index < -0.39 is 0 Å². The van der Waals surface area contributed by atoms with Gasteiger partial charge in [-0.1, -0.05) is 19.9 Å². The first-order valence-electron chi connectivity index (χ1n) is 10.6. The van der Waals surface area contributed by atoms with E-state index in [9.17, 15) is 0 Å². The number of guanidine groups is 1. The molecule has 1 fully saturated rings. The highest BCUT2D eigenvalue weighted by molar-refractivity contribution is 7.10. The van der Waals surface area contributed by atoms with Gasteiger partial charge in [0.1, 0.15) is 0 Å². The Labute approximate surface area is 174 Å². The minimum Gasteiger partial charge on any atom is -0.379 e. The molecular weight excluding hydrogens is 372 g/mol. The van der Waals surface area contributed by atoms with Crippen LogP contribution in [0.2, 0.25) is 0 Å². The van der Waals surface area contributed by atoms with Crippen LogP contribution in [0.3, 0.4) is 0 Å². The molecule has 7 heteroatoms. The molecule has 0 radical (unpaired) electrons. The minimum atomic E-state index is 0.285. The molecule has 2 heterocycles. The standard InChI is InChI=1S/C21H38N4O2S/c1-5-22-21(23-10-9-19(17(3)4)27-6-2)24-16-18(20-8-7-15-28-20)25-11-13-26-14-12-25/h7-8,15,17-19H,5-6,9-14,16H2,1-4H3,(H2,22,23,24). The first-order chi connectivity index (χ1) is 13.7. The Hall–Kier alpha value is -1.15. The normalized spacial score (nSPS) is 18.2. The van der Waals surface area contributed by atoms with Gasteiger partial charge in [0.2, 0.25) is 0 Å². The minimum absolute atomic E-state index is 0.285. The van der Waals surface area contributed by atoms with E-state index in [0.29, 0.717) is 12.0 Å². The van der Waals surface area contributed by atoms with E-state index in [-0.39, 0.29) is 6.10 Å². The lowest BCUT2D eigenvalue weighted by atomic mass is 10.0. The Kier molecular flexibility index (Phi) is 10.9. The summed E-state index contributed by atoms with van der Waals surface area (Å²) in [4.78, 5) is 8.78. The van der Waals surface area contributed by atoms with Crippen molar-refractivity contribution in [2.75, 3.05) is 52.5 Å². The Morgan fingerprint density at radius 3 is 2.68 bits per heavy atom. The molecule has 1 aromatic heterocycles. The molecule has 1 saturated heterocycles. The summed E-state index contributed by atoms with van der Waals surface area (Å²) in [6.45, 7) is 15.4. The van der Waals surface area contributed by atoms with Gasteiger partial charge in [-0.2, -0.15) is 0 Å². The van der Waals surface area contributed by atoms with Crippen molar-refractivity contribution < 1.29 is 9.47 Å². The molecule has 0 saturated carbocycles. The second-order valence-corrected chi connectivity index (χ2v) is 8.33. The number of aliphatic imine (C=N–C) groups is 1. The highest BCUT2D eigenvalue weighted by atomic mass is 32.1. The Balaban J connectivity index is 1.96. The van der Waals surface area contributed by atoms with E-state index in [2.05, 4.69) is 60.7 Å². The average molecular weight is 411 g/mol. The zero-order valence-electron chi connectivity index (χ0n) is 17.9. The van der Waals surface area contributed by atoms with E-state index in [1.54, 1.807) is 0 Å². The molecule has 2 atom stereocenters. The number of hydrogen-bond donors (Lipinski definition) is 2. The summed E-state index contributed by atoms with van der Waals surface area (Å²) in [5, 5.41) is 9.02. The van der Waals surface area contributed by atoms with Crippen molar-refractivity contribution in [1.82, 2.24) is 15.5 Å². The molecule has 1 aliphatic heterocycles. The second kappa shape index (κ2) is 13.1. The van der Waals surface area contributed by atoms with Crippen LogP contribution >= 0.6 is 11.3 Å². The van der Waals surface area contributed by atoms with E-state index in [1.807, 2.05) is 11.3 Å². The van der Waals surface area contributed by atoms with Crippen molar-refractivity contribution >= 4 is 17.3 Å². The number of nitrogens with one attached hydrogen (secondary N) is 2. The molecule has 160 valence electrons. The van der Waals surface area contributed by atoms with Crippen LogP contribution in [0.1, 0.15) is 45.0 Å². The lowest BCUT2D eigenvalue weighted by Crippen LogP contribution is -2.42. The molecule has 0 spiro atoms. The fraction of sp³-hybridized carbons (Fsp3) is 0.762. The fourth-order valence-corrected chi connectivity index (χ4v) is 4.28. The van der Waals surface area contributed by atoms with Crippen molar-refractivity contribution in [2.24, 2.45) is 10.9 Å². The van der Waals surface area contributed by atoms with Crippen LogP contribution in [-0.2, 0) is 9.47 Å². The summed E-state index contributed by atoms with van der Waals surface area (Å²) in [7, 11) is 0. The summed E-state index contributed by atoms with van der Waals surface area (Å²) >= 11 is 1.81. The van der Waals surface area contributed by atoms with Gasteiger partial charge in [0, 0.05) is 37.7 Å². The largest absolute Gasteiger partial charge is 0.379 e. The quantitative estimate of drug-likeness (QED) is 0.434. The van der Waals surface area contributed by atoms with E-state index in [4.69, 9.17) is 14.5 Å². The molecule has 2 N–H and O–H groups in total. The van der Waals surface area contributed by atoms with Gasteiger partial charge < -0.3 is 20.1 Å². The maximum absolute atomic E-state index is 5.85. The van der Waals surface area contributed by atoms with Gasteiger partial charge in [-0.3, -0.25) is 9.89 Å². The smallest absolute Gasteiger partial charge is 0.191 e. The number of morpholine rings is 1. The third-order valence-electron chi connectivity index (χ3n) is 4.97. The molecule has 28 heavy (non-hydrogen) atoms. The number of hydrogen-bond acceptors (Lipinski definition) is 5. The Morgan fingerprint density at radius 1 is 1.29 bits per heavy atom. The second-order valence-electron chi connectivity index (χ2n) is 7.35. The topological polar surface area (TPSA) is 58.1 Å². The first-order valence-corrected chi connectivity index (χ1v) is 11.5. The van der Waals surface area contributed by atoms with E-state index >= 15 is 0 Å². The molecule has 1 aromatic rings. The molecule has 0 aromatic carbocycles. The number of rotatable bonds is 11. The maximum Gasteiger partial charge on any atom is 0.191 e. The maximum atomic E-state index is 5.85. The van der Waals surface area contributed by atoms with Gasteiger partial charge in [0.15, 0.2) is 5.96 Å². The van der Waals surface area contributed by atoms with Crippen LogP contribution in [0, 0.1) is 5.92 Å². The van der Waals surface area contributed by atoms with Gasteiger partial charge >= 0.3 is 0 Å². The molecule has 2 rings (SSSR count). The lowest BCUT2D eigenvalue weighted by molar-refractivity contribution is 0.0186. The molecule has 0 aliphatic carbocycles. The number of nitrogens with zero attached hydrogens (tertiary/aromatic N) is 2. The molecule has 1 aliphatic rings. The van der Waals surface area contributed by atoms with E-state index in [1.165, 1.54) is 4.88 Å². The summed E-state index contributed by atoms with van der Waals surface area (Å²) in [5.74, 6) is 1.40. The zero-order valence-corrected chi connectivity index (χ0v) is 18.8. The van der Waals surface area contributed by atoms with Gasteiger partial charge in [-0.25, -0.2) is 0 Å². The van der Waals surface area contributed by atoms with Gasteiger partial charge in [0.05, 0.1) is 31.9 Å². The molecule has 0 amide bonds. The third-order valence-corrected chi connectivity index (χ3v) is 5.94. The highest BCUT2D eigenvalue weighted by Gasteiger charge is 2.23. The molecule has 6 nitrogen and oxygen atoms in total. The van der Waals surface area contributed by atoms with Crippen molar-refractivity contribution in [3.63, 3.8) is 0 Å². The zero-order chi connectivity index (χ0) is 20.2. The van der Waals surface area contributed by atoms with Crippen molar-refractivity contribution in [1.29, 1.82) is 0 Å². The average Bonchev–Trinajstić information content (AvgIpc) is 3.22. The molecule has 2 unspecified atom stereocenters. The summed E-state index contributed by atoms with van der Waals surface area (Å²) in [5.41, 5.74) is 0. The van der Waals surface area contributed by atoms with Crippen LogP contribution in [0.5, 0.6) is 0 Å². The summed E-state index contributed by atoms with van der Waals surface area (Å²) in [6.07, 6.45) is 1.26. The first kappa shape index (κ1) is 23.1. The van der Waals surface area contributed by atoms with Gasteiger partial charge in [0.25, 0.3) is 0 Å². The lowest BCUT2D eigenvalue weighted by Gasteiger charge is -2.33. The van der Waals surface area contributed by atoms with Crippen LogP contribution in [0.4, 0.5) is 0 Å². The molecular formula is C21H38N4O2S. The third kappa shape index (κ3) is 7.70. The van der Waals surface area contributed by atoms with Crippen molar-refractivity contribution in [2.45, 2.75) is 46.3 Å². The fourth-order valence-electron chi connectivity index (χ4n) is 3.43. The van der Waals surface area contributed by atoms with E-state index in [0.717, 1.165) is 64.9 Å². The van der Waals surface area contributed by atoms with Crippen LogP contribution in [0.15, 0.2) is 22.5 Å². The van der Waals surface area contributed by atoms with Gasteiger partial charge in [-0.05, 0) is 37.6 Å².